The van der Waals surface area contributed by atoms with E-state index in [9.17, 15) is 4.79 Å². The van der Waals surface area contributed by atoms with Crippen LogP contribution in [0, 0.1) is 12.7 Å². The van der Waals surface area contributed by atoms with E-state index in [0.717, 1.165) is 24.1 Å². The molecule has 4 aromatic rings. The van der Waals surface area contributed by atoms with Gasteiger partial charge in [-0.3, -0.25) is 5.32 Å². The molecule has 10 nitrogen and oxygen atoms in total. The molecule has 4 heterocycles. The third kappa shape index (κ3) is 3.82. The zero-order chi connectivity index (χ0) is 24.8. The van der Waals surface area contributed by atoms with Gasteiger partial charge in [0.1, 0.15) is 24.2 Å². The normalized spacial score (nSPS) is 18.5. The van der Waals surface area contributed by atoms with Crippen molar-refractivity contribution < 1.29 is 18.7 Å². The SMILES string of the molecule is Cc1c(-c2cc3cc(NC(=O)OC4CC(n5ccnc5)C4)ncc3c(N)c2F)cnc2c1NCCO2. The van der Waals surface area contributed by atoms with Gasteiger partial charge in [0.2, 0.25) is 5.88 Å². The highest BCUT2D eigenvalue weighted by molar-refractivity contribution is 5.99. The van der Waals surface area contributed by atoms with Crippen molar-refractivity contribution in [1.29, 1.82) is 0 Å². The Labute approximate surface area is 205 Å². The number of nitrogens with two attached hydrogens (primary N) is 1. The number of halogens is 1. The molecular formula is C25H24FN7O3. The van der Waals surface area contributed by atoms with Crippen molar-refractivity contribution in [3.63, 3.8) is 0 Å². The Morgan fingerprint density at radius 1 is 1.28 bits per heavy atom. The van der Waals surface area contributed by atoms with Crippen molar-refractivity contribution in [3.05, 3.63) is 54.6 Å². The van der Waals surface area contributed by atoms with Crippen LogP contribution in [-0.4, -0.2) is 44.9 Å². The van der Waals surface area contributed by atoms with E-state index in [1.807, 2.05) is 17.7 Å². The highest BCUT2D eigenvalue weighted by atomic mass is 19.1. The molecule has 0 unspecified atom stereocenters. The number of pyridine rings is 2. The van der Waals surface area contributed by atoms with Crippen LogP contribution in [0.5, 0.6) is 5.88 Å². The van der Waals surface area contributed by atoms with Gasteiger partial charge in [0.15, 0.2) is 5.82 Å². The van der Waals surface area contributed by atoms with Gasteiger partial charge in [0, 0.05) is 66.7 Å². The maximum atomic E-state index is 15.3. The van der Waals surface area contributed by atoms with Crippen molar-refractivity contribution >= 4 is 34.1 Å². The van der Waals surface area contributed by atoms with Gasteiger partial charge >= 0.3 is 6.09 Å². The van der Waals surface area contributed by atoms with Crippen LogP contribution >= 0.6 is 0 Å². The van der Waals surface area contributed by atoms with Crippen LogP contribution in [0.3, 0.4) is 0 Å². The minimum atomic E-state index is -0.591. The van der Waals surface area contributed by atoms with Gasteiger partial charge in [0.05, 0.1) is 12.0 Å². The molecule has 0 bridgehead atoms. The van der Waals surface area contributed by atoms with E-state index in [1.165, 1.54) is 6.20 Å². The minimum Gasteiger partial charge on any atom is -0.474 e. The van der Waals surface area contributed by atoms with Crippen molar-refractivity contribution in [2.75, 3.05) is 29.5 Å². The molecule has 1 amide bonds. The molecule has 1 fully saturated rings. The number of hydrogen-bond acceptors (Lipinski definition) is 8. The van der Waals surface area contributed by atoms with E-state index >= 15 is 4.39 Å². The fourth-order valence-corrected chi connectivity index (χ4v) is 4.70. The van der Waals surface area contributed by atoms with Crippen LogP contribution in [0.25, 0.3) is 21.9 Å². The Bertz CT molecular complexity index is 1470. The Balaban J connectivity index is 1.23. The summed E-state index contributed by atoms with van der Waals surface area (Å²) in [5.74, 6) is 0.224. The van der Waals surface area contributed by atoms with Gasteiger partial charge in [0.25, 0.3) is 0 Å². The highest BCUT2D eigenvalue weighted by Crippen LogP contribution is 2.40. The molecule has 0 radical (unpaired) electrons. The van der Waals surface area contributed by atoms with E-state index < -0.39 is 11.9 Å². The lowest BCUT2D eigenvalue weighted by Gasteiger charge is -2.35. The molecule has 36 heavy (non-hydrogen) atoms. The molecule has 3 aromatic heterocycles. The quantitative estimate of drug-likeness (QED) is 0.362. The van der Waals surface area contributed by atoms with Crippen molar-refractivity contribution in [1.82, 2.24) is 19.5 Å². The van der Waals surface area contributed by atoms with E-state index in [0.29, 0.717) is 40.9 Å². The summed E-state index contributed by atoms with van der Waals surface area (Å²) in [6, 6.07) is 3.61. The first kappa shape index (κ1) is 22.1. The van der Waals surface area contributed by atoms with Crippen LogP contribution in [0.1, 0.15) is 24.4 Å². The molecule has 1 aliphatic carbocycles. The van der Waals surface area contributed by atoms with Gasteiger partial charge in [-0.2, -0.15) is 0 Å². The van der Waals surface area contributed by atoms with Crippen LogP contribution in [-0.2, 0) is 4.74 Å². The average molecular weight is 490 g/mol. The number of nitrogens with zero attached hydrogens (tertiary/aromatic N) is 4. The number of rotatable bonds is 4. The van der Waals surface area contributed by atoms with Crippen LogP contribution in [0.4, 0.5) is 26.4 Å². The number of imidazole rings is 1. The summed E-state index contributed by atoms with van der Waals surface area (Å²) in [4.78, 5) is 25.0. The third-order valence-corrected chi connectivity index (χ3v) is 6.76. The molecule has 1 saturated carbocycles. The predicted molar refractivity (Wildman–Crippen MR) is 132 cm³/mol. The van der Waals surface area contributed by atoms with E-state index in [1.54, 1.807) is 30.9 Å². The fraction of sp³-hybridized carbons (Fsp3) is 0.280. The van der Waals surface area contributed by atoms with Gasteiger partial charge in [-0.1, -0.05) is 0 Å². The molecule has 1 aromatic carbocycles. The Kier molecular flexibility index (Phi) is 5.32. The molecule has 1 aliphatic heterocycles. The molecule has 0 atom stereocenters. The lowest BCUT2D eigenvalue weighted by atomic mass is 9.89. The standard InChI is InChI=1S/C25H24FN7O3/c1-13-18(10-31-24-23(13)29-3-5-35-24)17-6-14-7-20(30-11-19(14)22(27)21(17)26)32-25(34)36-16-8-15(9-16)33-4-2-28-12-33/h2,4,6-7,10-12,15-16,29H,3,5,8-9,27H2,1H3,(H,30,32,34). The number of amides is 1. The number of nitrogen functional groups attached to an aromatic ring is 1. The lowest BCUT2D eigenvalue weighted by Crippen LogP contribution is -2.35. The summed E-state index contributed by atoms with van der Waals surface area (Å²) >= 11 is 0. The van der Waals surface area contributed by atoms with E-state index in [4.69, 9.17) is 15.2 Å². The van der Waals surface area contributed by atoms with Crippen molar-refractivity contribution in [2.45, 2.75) is 31.9 Å². The molecule has 11 heteroatoms. The fourth-order valence-electron chi connectivity index (χ4n) is 4.70. The Morgan fingerprint density at radius 3 is 2.94 bits per heavy atom. The van der Waals surface area contributed by atoms with Gasteiger partial charge in [-0.05, 0) is 30.0 Å². The van der Waals surface area contributed by atoms with Gasteiger partial charge in [-0.25, -0.2) is 24.1 Å². The van der Waals surface area contributed by atoms with Gasteiger partial charge < -0.3 is 25.1 Å². The Morgan fingerprint density at radius 2 is 2.14 bits per heavy atom. The summed E-state index contributed by atoms with van der Waals surface area (Å²) in [6.45, 7) is 3.04. The second-order valence-corrected chi connectivity index (χ2v) is 8.98. The maximum Gasteiger partial charge on any atom is 0.413 e. The summed E-state index contributed by atoms with van der Waals surface area (Å²) in [5, 5.41) is 7.00. The summed E-state index contributed by atoms with van der Waals surface area (Å²) in [7, 11) is 0. The number of carbonyl (C=O) groups is 1. The smallest absolute Gasteiger partial charge is 0.413 e. The summed E-state index contributed by atoms with van der Waals surface area (Å²) in [6.07, 6.45) is 9.09. The number of anilines is 3. The Hall–Kier alpha value is -4.41. The first-order valence-corrected chi connectivity index (χ1v) is 11.7. The predicted octanol–water partition coefficient (Wildman–Crippen LogP) is 4.28. The van der Waals surface area contributed by atoms with Crippen LogP contribution in [0.15, 0.2) is 43.2 Å². The average Bonchev–Trinajstić information content (AvgIpc) is 3.38. The zero-order valence-corrected chi connectivity index (χ0v) is 19.5. The minimum absolute atomic E-state index is 0.0227. The molecule has 184 valence electrons. The molecule has 6 rings (SSSR count). The highest BCUT2D eigenvalue weighted by Gasteiger charge is 2.33. The number of benzene rings is 1. The number of fused-ring (bicyclic) bond motifs is 2. The monoisotopic (exact) mass is 489 g/mol. The van der Waals surface area contributed by atoms with E-state index in [2.05, 4.69) is 25.6 Å². The molecule has 0 saturated heterocycles. The summed E-state index contributed by atoms with van der Waals surface area (Å²) < 4.78 is 28.4. The van der Waals surface area contributed by atoms with E-state index in [-0.39, 0.29) is 23.7 Å². The molecule has 2 aliphatic rings. The topological polar surface area (TPSA) is 129 Å². The first-order valence-electron chi connectivity index (χ1n) is 11.7. The molecular weight excluding hydrogens is 465 g/mol. The number of carbonyl (C=O) groups excluding carboxylic acids is 1. The summed E-state index contributed by atoms with van der Waals surface area (Å²) in [5.41, 5.74) is 8.57. The second kappa shape index (κ2) is 8.67. The van der Waals surface area contributed by atoms with Crippen molar-refractivity contribution in [3.8, 4) is 17.0 Å². The second-order valence-electron chi connectivity index (χ2n) is 8.98. The molecule has 4 N–H and O–H groups in total. The molecule has 0 spiro atoms. The van der Waals surface area contributed by atoms with Crippen LogP contribution < -0.4 is 21.1 Å². The maximum absolute atomic E-state index is 15.3. The van der Waals surface area contributed by atoms with Crippen LogP contribution in [0.2, 0.25) is 0 Å². The number of ether oxygens (including phenoxy) is 2. The number of hydrogen-bond donors (Lipinski definition) is 3. The van der Waals surface area contributed by atoms with Gasteiger partial charge in [-0.15, -0.1) is 0 Å². The third-order valence-electron chi connectivity index (χ3n) is 6.76. The van der Waals surface area contributed by atoms with Crippen molar-refractivity contribution in [2.24, 2.45) is 0 Å². The lowest BCUT2D eigenvalue weighted by molar-refractivity contribution is 0.0293. The number of nitrogens with one attached hydrogen (secondary N) is 2. The largest absolute Gasteiger partial charge is 0.474 e. The first-order chi connectivity index (χ1) is 17.5. The number of aromatic nitrogens is 4. The zero-order valence-electron chi connectivity index (χ0n) is 19.5.